The zero-order valence-corrected chi connectivity index (χ0v) is 11.9. The first-order valence-corrected chi connectivity index (χ1v) is 6.43. The SMILES string of the molecule is CC(C)(C)OC(=O)N1CC=C(c2ncccc2C#N)C1. The molecule has 0 spiro atoms. The number of nitrogens with zero attached hydrogens (tertiary/aromatic N) is 3. The molecule has 0 aromatic carbocycles. The Balaban J connectivity index is 2.09. The third kappa shape index (κ3) is 3.15. The molecular formula is C15H17N3O2. The first kappa shape index (κ1) is 14.1. The lowest BCUT2D eigenvalue weighted by atomic mass is 10.1. The molecule has 1 aliphatic heterocycles. The van der Waals surface area contributed by atoms with Crippen LogP contribution in [0.25, 0.3) is 5.57 Å². The fourth-order valence-corrected chi connectivity index (χ4v) is 1.94. The molecule has 1 aliphatic rings. The zero-order chi connectivity index (χ0) is 14.8. The number of carbonyl (C=O) groups is 1. The number of pyridine rings is 1. The summed E-state index contributed by atoms with van der Waals surface area (Å²) < 4.78 is 5.33. The van der Waals surface area contributed by atoms with Crippen molar-refractivity contribution in [2.45, 2.75) is 26.4 Å². The van der Waals surface area contributed by atoms with Gasteiger partial charge in [-0.25, -0.2) is 4.79 Å². The molecule has 1 aromatic heterocycles. The lowest BCUT2D eigenvalue weighted by Gasteiger charge is -2.24. The van der Waals surface area contributed by atoms with Gasteiger partial charge < -0.3 is 9.64 Å². The van der Waals surface area contributed by atoms with Gasteiger partial charge in [0.1, 0.15) is 11.7 Å². The monoisotopic (exact) mass is 271 g/mol. The summed E-state index contributed by atoms with van der Waals surface area (Å²) in [4.78, 5) is 17.8. The molecule has 0 bridgehead atoms. The van der Waals surface area contributed by atoms with Gasteiger partial charge in [0.05, 0.1) is 17.8 Å². The maximum atomic E-state index is 12.0. The molecule has 20 heavy (non-hydrogen) atoms. The minimum Gasteiger partial charge on any atom is -0.444 e. The van der Waals surface area contributed by atoms with Gasteiger partial charge in [-0.2, -0.15) is 5.26 Å². The van der Waals surface area contributed by atoms with E-state index >= 15 is 0 Å². The van der Waals surface area contributed by atoms with Crippen LogP contribution in [0.2, 0.25) is 0 Å². The van der Waals surface area contributed by atoms with Crippen LogP contribution in [-0.4, -0.2) is 34.7 Å². The van der Waals surface area contributed by atoms with Crippen LogP contribution in [-0.2, 0) is 4.74 Å². The van der Waals surface area contributed by atoms with E-state index < -0.39 is 5.60 Å². The maximum absolute atomic E-state index is 12.0. The van der Waals surface area contributed by atoms with Crippen molar-refractivity contribution in [3.63, 3.8) is 0 Å². The Labute approximate surface area is 118 Å². The van der Waals surface area contributed by atoms with E-state index in [9.17, 15) is 4.79 Å². The average Bonchev–Trinajstić information content (AvgIpc) is 2.86. The van der Waals surface area contributed by atoms with Gasteiger partial charge in [0, 0.05) is 12.7 Å². The predicted molar refractivity (Wildman–Crippen MR) is 74.7 cm³/mol. The second kappa shape index (κ2) is 5.33. The van der Waals surface area contributed by atoms with E-state index in [2.05, 4.69) is 11.1 Å². The van der Waals surface area contributed by atoms with Gasteiger partial charge in [0.15, 0.2) is 0 Å². The molecule has 0 radical (unpaired) electrons. The molecule has 0 fully saturated rings. The Bertz CT molecular complexity index is 594. The van der Waals surface area contributed by atoms with E-state index in [4.69, 9.17) is 10.00 Å². The van der Waals surface area contributed by atoms with Crippen molar-refractivity contribution in [3.05, 3.63) is 35.7 Å². The molecule has 0 saturated carbocycles. The normalized spacial score (nSPS) is 14.7. The molecule has 0 unspecified atom stereocenters. The quantitative estimate of drug-likeness (QED) is 0.787. The fourth-order valence-electron chi connectivity index (χ4n) is 1.94. The standard InChI is InChI=1S/C15H17N3O2/c1-15(2,3)20-14(19)18-8-6-12(10-18)13-11(9-16)5-4-7-17-13/h4-7H,8,10H2,1-3H3. The van der Waals surface area contributed by atoms with Crippen LogP contribution in [0.4, 0.5) is 4.79 Å². The second-order valence-electron chi connectivity index (χ2n) is 5.60. The van der Waals surface area contributed by atoms with Crippen LogP contribution in [0.3, 0.4) is 0 Å². The smallest absolute Gasteiger partial charge is 0.410 e. The number of amides is 1. The number of aromatic nitrogens is 1. The van der Waals surface area contributed by atoms with E-state index in [1.54, 1.807) is 23.2 Å². The molecule has 2 rings (SSSR count). The lowest BCUT2D eigenvalue weighted by Crippen LogP contribution is -2.35. The lowest BCUT2D eigenvalue weighted by molar-refractivity contribution is 0.0306. The molecule has 0 aliphatic carbocycles. The van der Waals surface area contributed by atoms with Crippen molar-refractivity contribution >= 4 is 11.7 Å². The van der Waals surface area contributed by atoms with E-state index in [0.717, 1.165) is 5.57 Å². The molecule has 5 heteroatoms. The average molecular weight is 271 g/mol. The van der Waals surface area contributed by atoms with Crippen molar-refractivity contribution in [2.75, 3.05) is 13.1 Å². The summed E-state index contributed by atoms with van der Waals surface area (Å²) in [5, 5.41) is 9.08. The molecule has 1 amide bonds. The number of ether oxygens (including phenoxy) is 1. The Morgan fingerprint density at radius 3 is 2.90 bits per heavy atom. The Morgan fingerprint density at radius 1 is 1.50 bits per heavy atom. The van der Waals surface area contributed by atoms with E-state index in [-0.39, 0.29) is 6.09 Å². The van der Waals surface area contributed by atoms with Crippen LogP contribution in [0.1, 0.15) is 32.0 Å². The largest absolute Gasteiger partial charge is 0.444 e. The third-order valence-electron chi connectivity index (χ3n) is 2.80. The molecule has 1 aromatic rings. The summed E-state index contributed by atoms with van der Waals surface area (Å²) in [5.74, 6) is 0. The van der Waals surface area contributed by atoms with Gasteiger partial charge in [-0.05, 0) is 38.5 Å². The Morgan fingerprint density at radius 2 is 2.25 bits per heavy atom. The van der Waals surface area contributed by atoms with Crippen molar-refractivity contribution in [2.24, 2.45) is 0 Å². The first-order chi connectivity index (χ1) is 9.40. The van der Waals surface area contributed by atoms with Gasteiger partial charge in [-0.15, -0.1) is 0 Å². The molecule has 0 N–H and O–H groups in total. The Kier molecular flexibility index (Phi) is 3.75. The van der Waals surface area contributed by atoms with Crippen LogP contribution in [0.5, 0.6) is 0 Å². The van der Waals surface area contributed by atoms with Crippen molar-refractivity contribution in [1.29, 1.82) is 5.26 Å². The minimum absolute atomic E-state index is 0.349. The number of hydrogen-bond acceptors (Lipinski definition) is 4. The summed E-state index contributed by atoms with van der Waals surface area (Å²) in [6.07, 6.45) is 3.21. The Hall–Kier alpha value is -2.35. The topological polar surface area (TPSA) is 66.2 Å². The van der Waals surface area contributed by atoms with Crippen molar-refractivity contribution < 1.29 is 9.53 Å². The van der Waals surface area contributed by atoms with Gasteiger partial charge >= 0.3 is 6.09 Å². The van der Waals surface area contributed by atoms with Gasteiger partial charge in [0.2, 0.25) is 0 Å². The molecule has 0 saturated heterocycles. The number of hydrogen-bond donors (Lipinski definition) is 0. The molecule has 2 heterocycles. The van der Waals surface area contributed by atoms with Gasteiger partial charge in [-0.3, -0.25) is 4.98 Å². The third-order valence-corrected chi connectivity index (χ3v) is 2.80. The highest BCUT2D eigenvalue weighted by Gasteiger charge is 2.26. The second-order valence-corrected chi connectivity index (χ2v) is 5.60. The first-order valence-electron chi connectivity index (χ1n) is 6.43. The predicted octanol–water partition coefficient (Wildman–Crippen LogP) is 2.59. The number of rotatable bonds is 1. The van der Waals surface area contributed by atoms with E-state index in [1.807, 2.05) is 26.8 Å². The zero-order valence-electron chi connectivity index (χ0n) is 11.9. The highest BCUT2D eigenvalue weighted by atomic mass is 16.6. The molecule has 104 valence electrons. The highest BCUT2D eigenvalue weighted by molar-refractivity contribution is 5.78. The summed E-state index contributed by atoms with van der Waals surface area (Å²) in [5.41, 5.74) is 1.53. The summed E-state index contributed by atoms with van der Waals surface area (Å²) >= 11 is 0. The number of carbonyl (C=O) groups excluding carboxylic acids is 1. The fraction of sp³-hybridized carbons (Fsp3) is 0.400. The summed E-state index contributed by atoms with van der Waals surface area (Å²) in [6.45, 7) is 6.40. The van der Waals surface area contributed by atoms with E-state index in [1.165, 1.54) is 0 Å². The van der Waals surface area contributed by atoms with Crippen LogP contribution >= 0.6 is 0 Å². The van der Waals surface area contributed by atoms with Crippen LogP contribution in [0.15, 0.2) is 24.4 Å². The highest BCUT2D eigenvalue weighted by Crippen LogP contribution is 2.23. The maximum Gasteiger partial charge on any atom is 0.410 e. The van der Waals surface area contributed by atoms with Crippen LogP contribution < -0.4 is 0 Å². The summed E-state index contributed by atoms with van der Waals surface area (Å²) in [7, 11) is 0. The minimum atomic E-state index is -0.511. The number of nitriles is 1. The molecular weight excluding hydrogens is 254 g/mol. The van der Waals surface area contributed by atoms with Gasteiger partial charge in [-0.1, -0.05) is 6.08 Å². The van der Waals surface area contributed by atoms with Crippen LogP contribution in [0, 0.1) is 11.3 Å². The molecule has 0 atom stereocenters. The van der Waals surface area contributed by atoms with Crippen molar-refractivity contribution in [1.82, 2.24) is 9.88 Å². The van der Waals surface area contributed by atoms with Gasteiger partial charge in [0.25, 0.3) is 0 Å². The molecule has 5 nitrogen and oxygen atoms in total. The summed E-state index contributed by atoms with van der Waals surface area (Å²) in [6, 6.07) is 5.56. The van der Waals surface area contributed by atoms with Crippen molar-refractivity contribution in [3.8, 4) is 6.07 Å². The van der Waals surface area contributed by atoms with E-state index in [0.29, 0.717) is 24.3 Å².